The highest BCUT2D eigenvalue weighted by Gasteiger charge is 2.60. The molecule has 3 heterocycles. The van der Waals surface area contributed by atoms with Crippen molar-refractivity contribution in [3.8, 4) is 0 Å². The first-order chi connectivity index (χ1) is 20.5. The molecule has 2 saturated heterocycles. The fourth-order valence-electron chi connectivity index (χ4n) is 6.22. The largest absolute Gasteiger partial charge is 0.478 e. The number of carbonyl (C=O) groups excluding carboxylic acids is 3. The number of likely N-dealkylation sites (tertiary alicyclic amines) is 1. The predicted octanol–water partition coefficient (Wildman–Crippen LogP) is 2.42. The van der Waals surface area contributed by atoms with Gasteiger partial charge in [0, 0.05) is 40.5 Å². The Morgan fingerprint density at radius 3 is 2.44 bits per heavy atom. The van der Waals surface area contributed by atoms with Crippen molar-refractivity contribution >= 4 is 53.3 Å². The summed E-state index contributed by atoms with van der Waals surface area (Å²) in [6.07, 6.45) is 0.0564. The molecule has 43 heavy (non-hydrogen) atoms. The molecule has 0 aromatic heterocycles. The van der Waals surface area contributed by atoms with E-state index in [1.54, 1.807) is 24.3 Å². The van der Waals surface area contributed by atoms with E-state index < -0.39 is 42.0 Å². The summed E-state index contributed by atoms with van der Waals surface area (Å²) in [6.45, 7) is 4.22. The number of β-lactam (4-membered cyclic amide) rings is 1. The maximum Gasteiger partial charge on any atom is 0.353 e. The second kappa shape index (κ2) is 12.2. The van der Waals surface area contributed by atoms with Gasteiger partial charge in [0.25, 0.3) is 0 Å². The number of aromatic carboxylic acids is 1. The first-order valence-electron chi connectivity index (χ1n) is 13.8. The normalized spacial score (nSPS) is 25.6. The fraction of sp³-hybridized carbons (Fsp3) is 0.367. The van der Waals surface area contributed by atoms with Crippen LogP contribution in [0.25, 0.3) is 0 Å². The molecule has 3 amide bonds. The average molecular weight is 609 g/mol. The summed E-state index contributed by atoms with van der Waals surface area (Å²) in [5, 5.41) is 34.8. The Morgan fingerprint density at radius 1 is 1.09 bits per heavy atom. The number of thioether (sulfide) groups is 1. The van der Waals surface area contributed by atoms with E-state index >= 15 is 0 Å². The van der Waals surface area contributed by atoms with Crippen LogP contribution in [-0.2, 0) is 25.7 Å². The van der Waals surface area contributed by atoms with Crippen LogP contribution in [0, 0.1) is 11.8 Å². The van der Waals surface area contributed by atoms with Crippen LogP contribution < -0.4 is 10.6 Å². The molecule has 5 rings (SSSR count). The van der Waals surface area contributed by atoms with Gasteiger partial charge in [0.1, 0.15) is 5.70 Å². The van der Waals surface area contributed by atoms with Gasteiger partial charge in [0.05, 0.1) is 29.7 Å². The van der Waals surface area contributed by atoms with Gasteiger partial charge in [-0.3, -0.25) is 19.3 Å². The minimum Gasteiger partial charge on any atom is -0.478 e. The molecule has 0 bridgehead atoms. The highest BCUT2D eigenvalue weighted by atomic mass is 32.2. The highest BCUT2D eigenvalue weighted by molar-refractivity contribution is 8.03. The second-order valence-electron chi connectivity index (χ2n) is 11.0. The van der Waals surface area contributed by atoms with Crippen LogP contribution in [-0.4, -0.2) is 85.3 Å². The lowest BCUT2D eigenvalue weighted by atomic mass is 9.79. The lowest BCUT2D eigenvalue weighted by Gasteiger charge is -2.46. The van der Waals surface area contributed by atoms with Crippen LogP contribution in [0.5, 0.6) is 0 Å². The van der Waals surface area contributed by atoms with E-state index in [1.807, 2.05) is 24.0 Å². The molecule has 5 N–H and O–H groups in total. The molecule has 12 nitrogen and oxygen atoms in total. The number of fused-ring (bicyclic) bond motifs is 1. The third-order valence-corrected chi connectivity index (χ3v) is 9.71. The summed E-state index contributed by atoms with van der Waals surface area (Å²) in [5.41, 5.74) is 1.84. The van der Waals surface area contributed by atoms with Crippen molar-refractivity contribution in [2.45, 2.75) is 50.3 Å². The summed E-state index contributed by atoms with van der Waals surface area (Å²) in [5.74, 6) is -4.02. The molecular formula is C30H32N4O8S. The van der Waals surface area contributed by atoms with Gasteiger partial charge in [-0.15, -0.1) is 11.8 Å². The number of nitrogens with one attached hydrogen (secondary N) is 2. The summed E-state index contributed by atoms with van der Waals surface area (Å²) in [4.78, 5) is 64.7. The van der Waals surface area contributed by atoms with Crippen LogP contribution >= 0.6 is 11.8 Å². The molecule has 0 unspecified atom stereocenters. The molecule has 0 aliphatic carbocycles. The summed E-state index contributed by atoms with van der Waals surface area (Å²) in [7, 11) is 0. The Morgan fingerprint density at radius 2 is 1.81 bits per heavy atom. The molecule has 13 heteroatoms. The fourth-order valence-corrected chi connectivity index (χ4v) is 7.77. The van der Waals surface area contributed by atoms with E-state index in [0.717, 1.165) is 5.56 Å². The Kier molecular flexibility index (Phi) is 8.58. The molecule has 3 aliphatic heterocycles. The molecule has 226 valence electrons. The number of hydrogen-bond donors (Lipinski definition) is 5. The van der Waals surface area contributed by atoms with Gasteiger partial charge in [-0.1, -0.05) is 25.1 Å². The summed E-state index contributed by atoms with van der Waals surface area (Å²) < 4.78 is 0. The van der Waals surface area contributed by atoms with Gasteiger partial charge in [-0.2, -0.15) is 0 Å². The SMILES string of the molecule is C[C@@H](O)[C@H]1C(=O)N2C(C(=O)O)=C(S[C@H]3C[C@@H](C(=O)Nc4cccc(C(=O)O)c4)N(Cc4ccc(NC=O)cc4)C3)[C@H](C)[C@H]12. The number of benzene rings is 2. The van der Waals surface area contributed by atoms with E-state index in [4.69, 9.17) is 0 Å². The van der Waals surface area contributed by atoms with Crippen LogP contribution in [0.2, 0.25) is 0 Å². The van der Waals surface area contributed by atoms with Gasteiger partial charge in [-0.05, 0) is 49.2 Å². The number of nitrogens with zero attached hydrogens (tertiary/aromatic N) is 2. The monoisotopic (exact) mass is 608 g/mol. The number of amides is 3. The molecule has 2 aromatic rings. The lowest BCUT2D eigenvalue weighted by molar-refractivity contribution is -0.163. The quantitative estimate of drug-likeness (QED) is 0.188. The van der Waals surface area contributed by atoms with Crippen molar-refractivity contribution < 1.29 is 39.3 Å². The molecule has 3 aliphatic rings. The van der Waals surface area contributed by atoms with Gasteiger partial charge in [-0.25, -0.2) is 9.59 Å². The van der Waals surface area contributed by atoms with Crippen LogP contribution in [0.15, 0.2) is 59.1 Å². The summed E-state index contributed by atoms with van der Waals surface area (Å²) in [6, 6.07) is 12.1. The van der Waals surface area contributed by atoms with Crippen molar-refractivity contribution in [3.05, 3.63) is 70.3 Å². The first kappa shape index (κ1) is 30.3. The van der Waals surface area contributed by atoms with Crippen LogP contribution in [0.1, 0.15) is 36.2 Å². The third-order valence-electron chi connectivity index (χ3n) is 8.21. The third kappa shape index (κ3) is 5.88. The van der Waals surface area contributed by atoms with Crippen molar-refractivity contribution in [2.24, 2.45) is 11.8 Å². The molecule has 6 atom stereocenters. The number of aliphatic carboxylic acids is 1. The highest BCUT2D eigenvalue weighted by Crippen LogP contribution is 2.52. The van der Waals surface area contributed by atoms with Gasteiger partial charge >= 0.3 is 11.9 Å². The number of anilines is 2. The van der Waals surface area contributed by atoms with E-state index in [1.165, 1.54) is 35.7 Å². The van der Waals surface area contributed by atoms with Crippen molar-refractivity contribution in [1.29, 1.82) is 0 Å². The Labute approximate surface area is 251 Å². The number of carboxylic acids is 2. The topological polar surface area (TPSA) is 177 Å². The van der Waals surface area contributed by atoms with E-state index in [9.17, 15) is 39.3 Å². The number of carboxylic acid groups (broad SMARTS) is 2. The molecule has 2 fully saturated rings. The molecular weight excluding hydrogens is 576 g/mol. The number of carbonyl (C=O) groups is 5. The van der Waals surface area contributed by atoms with Gasteiger partial charge in [0.15, 0.2) is 0 Å². The zero-order valence-corrected chi connectivity index (χ0v) is 24.3. The standard InChI is InChI=1S/C30H32N4O8S/c1-15-24-23(16(2)36)28(38)34(24)25(30(41)42)26(15)43-21-11-22(27(37)32-20-5-3-4-18(10-20)29(39)40)33(13-21)12-17-6-8-19(9-7-17)31-14-35/h3-10,14-16,21-24,36H,11-13H2,1-2H3,(H,31,35)(H,32,37)(H,39,40)(H,41,42)/t15-,16-,21+,22+,23-,24-/m1/s1. The molecule has 0 radical (unpaired) electrons. The van der Waals surface area contributed by atoms with Crippen LogP contribution in [0.3, 0.4) is 0 Å². The molecule has 2 aromatic carbocycles. The predicted molar refractivity (Wildman–Crippen MR) is 158 cm³/mol. The van der Waals surface area contributed by atoms with Crippen molar-refractivity contribution in [2.75, 3.05) is 17.2 Å². The van der Waals surface area contributed by atoms with Crippen molar-refractivity contribution in [3.63, 3.8) is 0 Å². The van der Waals surface area contributed by atoms with E-state index in [0.29, 0.717) is 42.2 Å². The second-order valence-corrected chi connectivity index (χ2v) is 12.4. The average Bonchev–Trinajstić information content (AvgIpc) is 3.46. The zero-order valence-electron chi connectivity index (χ0n) is 23.5. The number of aliphatic hydroxyl groups is 1. The Hall–Kier alpha value is -4.20. The number of hydrogen-bond acceptors (Lipinski definition) is 8. The summed E-state index contributed by atoms with van der Waals surface area (Å²) >= 11 is 1.35. The van der Waals surface area contributed by atoms with E-state index in [2.05, 4.69) is 10.6 Å². The number of aliphatic hydroxyl groups excluding tert-OH is 1. The molecule has 0 saturated carbocycles. The maximum atomic E-state index is 13.6. The lowest BCUT2D eigenvalue weighted by Crippen LogP contribution is -2.63. The maximum absolute atomic E-state index is 13.6. The van der Waals surface area contributed by atoms with Gasteiger partial charge in [0.2, 0.25) is 18.2 Å². The van der Waals surface area contributed by atoms with Gasteiger partial charge < -0.3 is 30.9 Å². The van der Waals surface area contributed by atoms with E-state index in [-0.39, 0.29) is 28.3 Å². The Bertz CT molecular complexity index is 1490. The van der Waals surface area contributed by atoms with Crippen molar-refractivity contribution in [1.82, 2.24) is 9.80 Å². The minimum absolute atomic E-state index is 0.0385. The zero-order chi connectivity index (χ0) is 31.0. The minimum atomic E-state index is -1.21. The number of rotatable bonds is 11. The first-order valence-corrected chi connectivity index (χ1v) is 14.7. The van der Waals surface area contributed by atoms with Crippen LogP contribution in [0.4, 0.5) is 11.4 Å². The smallest absolute Gasteiger partial charge is 0.353 e. The Balaban J connectivity index is 1.39. The molecule has 0 spiro atoms.